The van der Waals surface area contributed by atoms with E-state index in [1.807, 2.05) is 36.1 Å². The van der Waals surface area contributed by atoms with Crippen molar-refractivity contribution in [1.29, 1.82) is 0 Å². The van der Waals surface area contributed by atoms with Crippen LogP contribution in [0.5, 0.6) is 5.75 Å². The van der Waals surface area contributed by atoms with Crippen molar-refractivity contribution >= 4 is 11.5 Å². The van der Waals surface area contributed by atoms with Crippen LogP contribution in [-0.4, -0.2) is 43.6 Å². The molecule has 1 aromatic carbocycles. The summed E-state index contributed by atoms with van der Waals surface area (Å²) in [6.07, 6.45) is 1.72. The Bertz CT molecular complexity index is 511. The highest BCUT2D eigenvalue weighted by molar-refractivity contribution is 5.95. The number of allylic oxidation sites excluding steroid dienone is 1. The molecule has 1 aliphatic heterocycles. The molecule has 4 nitrogen and oxygen atoms in total. The van der Waals surface area contributed by atoms with Crippen LogP contribution in [0, 0.1) is 0 Å². The molecule has 0 radical (unpaired) electrons. The number of hydrogen-bond donors (Lipinski definition) is 1. The monoisotopic (exact) mass is 274 g/mol. The van der Waals surface area contributed by atoms with Crippen molar-refractivity contribution in [3.8, 4) is 5.75 Å². The van der Waals surface area contributed by atoms with Gasteiger partial charge >= 0.3 is 0 Å². The van der Waals surface area contributed by atoms with Crippen molar-refractivity contribution in [2.75, 3.05) is 26.7 Å². The fourth-order valence-electron chi connectivity index (χ4n) is 2.39. The van der Waals surface area contributed by atoms with Gasteiger partial charge in [0.05, 0.1) is 7.11 Å². The lowest BCUT2D eigenvalue weighted by molar-refractivity contribution is -0.128. The molecule has 0 aromatic heterocycles. The molecule has 1 saturated heterocycles. The summed E-state index contributed by atoms with van der Waals surface area (Å²) in [6, 6.07) is 8.01. The smallest absolute Gasteiger partial charge is 0.247 e. The first kappa shape index (κ1) is 14.6. The number of rotatable bonds is 3. The maximum atomic E-state index is 12.3. The molecule has 1 aliphatic rings. The minimum absolute atomic E-state index is 0.0827. The number of ether oxygens (including phenoxy) is 1. The quantitative estimate of drug-likeness (QED) is 0.856. The number of amides is 1. The number of piperazine rings is 1. The molecule has 108 valence electrons. The molecule has 0 aliphatic carbocycles. The van der Waals surface area contributed by atoms with Crippen molar-refractivity contribution in [1.82, 2.24) is 10.2 Å². The lowest BCUT2D eigenvalue weighted by atomic mass is 10.1. The van der Waals surface area contributed by atoms with E-state index in [1.165, 1.54) is 0 Å². The van der Waals surface area contributed by atoms with E-state index in [4.69, 9.17) is 4.74 Å². The Morgan fingerprint density at radius 2 is 2.30 bits per heavy atom. The maximum absolute atomic E-state index is 12.3. The van der Waals surface area contributed by atoms with Gasteiger partial charge in [-0.3, -0.25) is 4.79 Å². The third kappa shape index (κ3) is 3.39. The van der Waals surface area contributed by atoms with Gasteiger partial charge in [0, 0.05) is 31.8 Å². The molecule has 2 rings (SSSR count). The Kier molecular flexibility index (Phi) is 4.79. The van der Waals surface area contributed by atoms with E-state index in [0.29, 0.717) is 0 Å². The van der Waals surface area contributed by atoms with Crippen LogP contribution < -0.4 is 10.1 Å². The van der Waals surface area contributed by atoms with Crippen LogP contribution in [-0.2, 0) is 4.79 Å². The van der Waals surface area contributed by atoms with Gasteiger partial charge in [-0.05, 0) is 37.1 Å². The summed E-state index contributed by atoms with van der Waals surface area (Å²) in [4.78, 5) is 14.3. The summed E-state index contributed by atoms with van der Waals surface area (Å²) < 4.78 is 5.21. The molecule has 0 bridgehead atoms. The van der Waals surface area contributed by atoms with Crippen LogP contribution in [0.1, 0.15) is 19.4 Å². The van der Waals surface area contributed by atoms with Crippen molar-refractivity contribution in [3.63, 3.8) is 0 Å². The van der Waals surface area contributed by atoms with E-state index in [1.54, 1.807) is 13.2 Å². The van der Waals surface area contributed by atoms with E-state index >= 15 is 0 Å². The largest absolute Gasteiger partial charge is 0.497 e. The lowest BCUT2D eigenvalue weighted by Gasteiger charge is -2.33. The number of methoxy groups -OCH3 is 1. The normalized spacial score (nSPS) is 19.9. The Labute approximate surface area is 120 Å². The molecule has 1 atom stereocenters. The first-order chi connectivity index (χ1) is 9.61. The highest BCUT2D eigenvalue weighted by Gasteiger charge is 2.21. The fourth-order valence-corrected chi connectivity index (χ4v) is 2.39. The Morgan fingerprint density at radius 3 is 3.00 bits per heavy atom. The van der Waals surface area contributed by atoms with Gasteiger partial charge in [0.25, 0.3) is 0 Å². The Balaban J connectivity index is 2.14. The Hall–Kier alpha value is -1.81. The molecule has 1 amide bonds. The summed E-state index contributed by atoms with van der Waals surface area (Å²) in [7, 11) is 1.64. The van der Waals surface area contributed by atoms with E-state index in [2.05, 4.69) is 12.2 Å². The zero-order valence-corrected chi connectivity index (χ0v) is 12.3. The highest BCUT2D eigenvalue weighted by atomic mass is 16.5. The van der Waals surface area contributed by atoms with Gasteiger partial charge in [-0.15, -0.1) is 0 Å². The second kappa shape index (κ2) is 6.57. The average molecular weight is 274 g/mol. The standard InChI is InChI=1S/C16H22N2O2/c1-12(14-5-4-6-15(10-14)20-3)9-16(19)18-8-7-17-11-13(18)2/h4-6,9-10,13,17H,7-8,11H2,1-3H3. The van der Waals surface area contributed by atoms with Crippen molar-refractivity contribution in [2.24, 2.45) is 0 Å². The molecule has 1 N–H and O–H groups in total. The van der Waals surface area contributed by atoms with Gasteiger partial charge in [0.1, 0.15) is 5.75 Å². The summed E-state index contributed by atoms with van der Waals surface area (Å²) >= 11 is 0. The Morgan fingerprint density at radius 1 is 1.50 bits per heavy atom. The zero-order chi connectivity index (χ0) is 14.5. The van der Waals surface area contributed by atoms with Crippen LogP contribution >= 0.6 is 0 Å². The van der Waals surface area contributed by atoms with Gasteiger partial charge in [-0.1, -0.05) is 12.1 Å². The number of hydrogen-bond acceptors (Lipinski definition) is 3. The minimum Gasteiger partial charge on any atom is -0.497 e. The predicted molar refractivity (Wildman–Crippen MR) is 80.7 cm³/mol. The second-order valence-corrected chi connectivity index (χ2v) is 5.14. The first-order valence-electron chi connectivity index (χ1n) is 6.96. The van der Waals surface area contributed by atoms with Gasteiger partial charge in [0.15, 0.2) is 0 Å². The van der Waals surface area contributed by atoms with Gasteiger partial charge in [-0.25, -0.2) is 0 Å². The number of benzene rings is 1. The molecular formula is C16H22N2O2. The topological polar surface area (TPSA) is 41.6 Å². The molecule has 0 spiro atoms. The van der Waals surface area contributed by atoms with E-state index < -0.39 is 0 Å². The summed E-state index contributed by atoms with van der Waals surface area (Å²) in [5.74, 6) is 0.887. The molecule has 1 heterocycles. The predicted octanol–water partition coefficient (Wildman–Crippen LogP) is 1.92. The third-order valence-corrected chi connectivity index (χ3v) is 3.65. The van der Waals surface area contributed by atoms with Gasteiger partial charge < -0.3 is 15.0 Å². The summed E-state index contributed by atoms with van der Waals surface area (Å²) in [5, 5.41) is 3.29. The van der Waals surface area contributed by atoms with Crippen molar-refractivity contribution < 1.29 is 9.53 Å². The van der Waals surface area contributed by atoms with Crippen LogP contribution in [0.15, 0.2) is 30.3 Å². The number of nitrogens with zero attached hydrogens (tertiary/aromatic N) is 1. The highest BCUT2D eigenvalue weighted by Crippen LogP contribution is 2.20. The third-order valence-electron chi connectivity index (χ3n) is 3.65. The molecule has 1 unspecified atom stereocenters. The van der Waals surface area contributed by atoms with E-state index in [-0.39, 0.29) is 11.9 Å². The fraction of sp³-hybridized carbons (Fsp3) is 0.438. The lowest BCUT2D eigenvalue weighted by Crippen LogP contribution is -2.51. The first-order valence-corrected chi connectivity index (χ1v) is 6.96. The number of carbonyl (C=O) groups excluding carboxylic acids is 1. The second-order valence-electron chi connectivity index (χ2n) is 5.14. The molecule has 20 heavy (non-hydrogen) atoms. The van der Waals surface area contributed by atoms with Crippen LogP contribution in [0.2, 0.25) is 0 Å². The van der Waals surface area contributed by atoms with Gasteiger partial charge in [0.2, 0.25) is 5.91 Å². The number of nitrogens with one attached hydrogen (secondary N) is 1. The van der Waals surface area contributed by atoms with Crippen molar-refractivity contribution in [3.05, 3.63) is 35.9 Å². The molecule has 0 saturated carbocycles. The average Bonchev–Trinajstić information content (AvgIpc) is 2.47. The summed E-state index contributed by atoms with van der Waals surface area (Å²) in [5.41, 5.74) is 1.97. The van der Waals surface area contributed by atoms with Crippen molar-refractivity contribution in [2.45, 2.75) is 19.9 Å². The molecule has 4 heteroatoms. The van der Waals surface area contributed by atoms with Crippen LogP contribution in [0.4, 0.5) is 0 Å². The SMILES string of the molecule is COc1cccc(C(C)=CC(=O)N2CCNCC2C)c1. The van der Waals surface area contributed by atoms with E-state index in [9.17, 15) is 4.79 Å². The number of carbonyl (C=O) groups is 1. The van der Waals surface area contributed by atoms with Crippen LogP contribution in [0.3, 0.4) is 0 Å². The molecule has 1 fully saturated rings. The summed E-state index contributed by atoms with van der Waals surface area (Å²) in [6.45, 7) is 6.51. The minimum atomic E-state index is 0.0827. The van der Waals surface area contributed by atoms with Gasteiger partial charge in [-0.2, -0.15) is 0 Å². The van der Waals surface area contributed by atoms with Crippen LogP contribution in [0.25, 0.3) is 5.57 Å². The maximum Gasteiger partial charge on any atom is 0.247 e. The van der Waals surface area contributed by atoms with E-state index in [0.717, 1.165) is 36.5 Å². The zero-order valence-electron chi connectivity index (χ0n) is 12.3. The molecule has 1 aromatic rings. The molecular weight excluding hydrogens is 252 g/mol.